The molecule has 0 amide bonds. The lowest BCUT2D eigenvalue weighted by Gasteiger charge is -2.16. The van der Waals surface area contributed by atoms with E-state index in [1.165, 1.54) is 5.56 Å². The Hall–Kier alpha value is -2.20. The highest BCUT2D eigenvalue weighted by Gasteiger charge is 2.38. The van der Waals surface area contributed by atoms with Crippen LogP contribution in [0, 0.1) is 5.92 Å². The Labute approximate surface area is 124 Å². The maximum atomic E-state index is 11.5. The third-order valence-electron chi connectivity index (χ3n) is 4.07. The first-order chi connectivity index (χ1) is 10.2. The van der Waals surface area contributed by atoms with E-state index in [1.807, 2.05) is 30.3 Å². The number of carboxylic acid groups (broad SMARTS) is 1. The average molecular weight is 282 g/mol. The summed E-state index contributed by atoms with van der Waals surface area (Å²) in [5, 5.41) is 9.48. The van der Waals surface area contributed by atoms with Crippen LogP contribution in [0.1, 0.15) is 17.0 Å². The smallest absolute Gasteiger partial charge is 0.308 e. The monoisotopic (exact) mass is 282 g/mol. The van der Waals surface area contributed by atoms with Crippen molar-refractivity contribution in [3.8, 4) is 0 Å². The molecule has 0 radical (unpaired) electrons. The van der Waals surface area contributed by atoms with Crippen molar-refractivity contribution in [2.75, 3.05) is 13.1 Å². The summed E-state index contributed by atoms with van der Waals surface area (Å²) >= 11 is 0. The SMILES string of the molecule is O=C(O)C1CN(Cc2ccccc2)CC1c1cccnc1. The second-order valence-corrected chi connectivity index (χ2v) is 5.52. The summed E-state index contributed by atoms with van der Waals surface area (Å²) in [5.74, 6) is -1.07. The van der Waals surface area contributed by atoms with Crippen LogP contribution in [0.2, 0.25) is 0 Å². The minimum atomic E-state index is -0.723. The van der Waals surface area contributed by atoms with E-state index >= 15 is 0 Å². The van der Waals surface area contributed by atoms with Gasteiger partial charge in [0.15, 0.2) is 0 Å². The van der Waals surface area contributed by atoms with Gasteiger partial charge in [-0.3, -0.25) is 14.7 Å². The first-order valence-corrected chi connectivity index (χ1v) is 7.13. The number of aliphatic carboxylic acids is 1. The predicted molar refractivity (Wildman–Crippen MR) is 79.8 cm³/mol. The van der Waals surface area contributed by atoms with E-state index in [2.05, 4.69) is 22.0 Å². The van der Waals surface area contributed by atoms with Gasteiger partial charge in [-0.1, -0.05) is 36.4 Å². The van der Waals surface area contributed by atoms with Crippen molar-refractivity contribution in [3.63, 3.8) is 0 Å². The van der Waals surface area contributed by atoms with Crippen LogP contribution >= 0.6 is 0 Å². The molecule has 4 heteroatoms. The number of rotatable bonds is 4. The van der Waals surface area contributed by atoms with Crippen molar-refractivity contribution in [3.05, 3.63) is 66.0 Å². The third kappa shape index (κ3) is 3.11. The van der Waals surface area contributed by atoms with Crippen LogP contribution in [-0.2, 0) is 11.3 Å². The Kier molecular flexibility index (Phi) is 3.97. The Morgan fingerprint density at radius 2 is 2.00 bits per heavy atom. The van der Waals surface area contributed by atoms with Gasteiger partial charge in [-0.05, 0) is 17.2 Å². The minimum Gasteiger partial charge on any atom is -0.481 e. The predicted octanol–water partition coefficient (Wildman–Crippen LogP) is 2.38. The Balaban J connectivity index is 1.77. The number of likely N-dealkylation sites (tertiary alicyclic amines) is 1. The molecule has 1 aromatic carbocycles. The lowest BCUT2D eigenvalue weighted by atomic mass is 9.90. The van der Waals surface area contributed by atoms with Gasteiger partial charge in [-0.2, -0.15) is 0 Å². The molecule has 0 bridgehead atoms. The van der Waals surface area contributed by atoms with Crippen molar-refractivity contribution >= 4 is 5.97 Å². The van der Waals surface area contributed by atoms with E-state index in [-0.39, 0.29) is 11.8 Å². The van der Waals surface area contributed by atoms with Gasteiger partial charge in [-0.25, -0.2) is 0 Å². The molecule has 1 aliphatic heterocycles. The van der Waals surface area contributed by atoms with Crippen molar-refractivity contribution in [2.45, 2.75) is 12.5 Å². The van der Waals surface area contributed by atoms with Crippen LogP contribution in [0.15, 0.2) is 54.9 Å². The molecule has 0 spiro atoms. The normalized spacial score (nSPS) is 22.3. The van der Waals surface area contributed by atoms with Crippen LogP contribution in [0.4, 0.5) is 0 Å². The largest absolute Gasteiger partial charge is 0.481 e. The number of aromatic nitrogens is 1. The van der Waals surface area contributed by atoms with Crippen molar-refractivity contribution < 1.29 is 9.90 Å². The molecular weight excluding hydrogens is 264 g/mol. The fraction of sp³-hybridized carbons (Fsp3) is 0.294. The molecule has 2 heterocycles. The van der Waals surface area contributed by atoms with Gasteiger partial charge >= 0.3 is 5.97 Å². The van der Waals surface area contributed by atoms with E-state index in [1.54, 1.807) is 12.4 Å². The molecule has 1 aromatic heterocycles. The fourth-order valence-electron chi connectivity index (χ4n) is 3.04. The Morgan fingerprint density at radius 3 is 2.67 bits per heavy atom. The highest BCUT2D eigenvalue weighted by atomic mass is 16.4. The van der Waals surface area contributed by atoms with Gasteiger partial charge in [-0.15, -0.1) is 0 Å². The molecule has 1 N–H and O–H groups in total. The minimum absolute atomic E-state index is 0.0138. The Morgan fingerprint density at radius 1 is 1.19 bits per heavy atom. The number of carbonyl (C=O) groups is 1. The zero-order chi connectivity index (χ0) is 14.7. The number of benzene rings is 1. The molecular formula is C17H18N2O2. The Bertz CT molecular complexity index is 601. The first-order valence-electron chi connectivity index (χ1n) is 7.13. The molecule has 108 valence electrons. The van der Waals surface area contributed by atoms with Crippen LogP contribution < -0.4 is 0 Å². The summed E-state index contributed by atoms with van der Waals surface area (Å²) in [7, 11) is 0. The summed E-state index contributed by atoms with van der Waals surface area (Å²) < 4.78 is 0. The molecule has 1 saturated heterocycles. The molecule has 21 heavy (non-hydrogen) atoms. The van der Waals surface area contributed by atoms with E-state index in [0.29, 0.717) is 6.54 Å². The second kappa shape index (κ2) is 6.06. The van der Waals surface area contributed by atoms with E-state index < -0.39 is 5.97 Å². The standard InChI is InChI=1S/C17H18N2O2/c20-17(21)16-12-19(10-13-5-2-1-3-6-13)11-15(16)14-7-4-8-18-9-14/h1-9,15-16H,10-12H2,(H,20,21). The summed E-state index contributed by atoms with van der Waals surface area (Å²) in [6.07, 6.45) is 3.50. The molecule has 0 aliphatic carbocycles. The number of pyridine rings is 1. The topological polar surface area (TPSA) is 53.4 Å². The highest BCUT2D eigenvalue weighted by molar-refractivity contribution is 5.72. The maximum Gasteiger partial charge on any atom is 0.308 e. The zero-order valence-corrected chi connectivity index (χ0v) is 11.7. The number of nitrogens with zero attached hydrogens (tertiary/aromatic N) is 2. The summed E-state index contributed by atoms with van der Waals surface area (Å²) in [6.45, 7) is 2.14. The van der Waals surface area contributed by atoms with Crippen LogP contribution in [-0.4, -0.2) is 34.0 Å². The van der Waals surface area contributed by atoms with E-state index in [0.717, 1.165) is 18.7 Å². The van der Waals surface area contributed by atoms with Gasteiger partial charge in [0, 0.05) is 37.9 Å². The quantitative estimate of drug-likeness (QED) is 0.935. The molecule has 2 atom stereocenters. The summed E-state index contributed by atoms with van der Waals surface area (Å²) in [5.41, 5.74) is 2.23. The maximum absolute atomic E-state index is 11.5. The first kappa shape index (κ1) is 13.8. The van der Waals surface area contributed by atoms with Crippen molar-refractivity contribution in [1.82, 2.24) is 9.88 Å². The fourth-order valence-corrected chi connectivity index (χ4v) is 3.04. The summed E-state index contributed by atoms with van der Waals surface area (Å²) in [6, 6.07) is 14.0. The third-order valence-corrected chi connectivity index (χ3v) is 4.07. The average Bonchev–Trinajstić information content (AvgIpc) is 2.93. The van der Waals surface area contributed by atoms with Crippen LogP contribution in [0.3, 0.4) is 0 Å². The second-order valence-electron chi connectivity index (χ2n) is 5.52. The molecule has 1 aliphatic rings. The number of hydrogen-bond acceptors (Lipinski definition) is 3. The molecule has 2 unspecified atom stereocenters. The number of carboxylic acids is 1. The lowest BCUT2D eigenvalue weighted by Crippen LogP contribution is -2.23. The van der Waals surface area contributed by atoms with E-state index in [4.69, 9.17) is 0 Å². The van der Waals surface area contributed by atoms with Crippen molar-refractivity contribution in [2.24, 2.45) is 5.92 Å². The highest BCUT2D eigenvalue weighted by Crippen LogP contribution is 2.33. The molecule has 1 fully saturated rings. The van der Waals surface area contributed by atoms with Gasteiger partial charge < -0.3 is 5.11 Å². The van der Waals surface area contributed by atoms with Gasteiger partial charge in [0.05, 0.1) is 5.92 Å². The molecule has 3 rings (SSSR count). The molecule has 4 nitrogen and oxygen atoms in total. The number of hydrogen-bond donors (Lipinski definition) is 1. The van der Waals surface area contributed by atoms with Gasteiger partial charge in [0.1, 0.15) is 0 Å². The molecule has 0 saturated carbocycles. The van der Waals surface area contributed by atoms with E-state index in [9.17, 15) is 9.90 Å². The van der Waals surface area contributed by atoms with Gasteiger partial charge in [0.25, 0.3) is 0 Å². The van der Waals surface area contributed by atoms with Crippen LogP contribution in [0.25, 0.3) is 0 Å². The lowest BCUT2D eigenvalue weighted by molar-refractivity contribution is -0.141. The zero-order valence-electron chi connectivity index (χ0n) is 11.7. The molecule has 2 aromatic rings. The van der Waals surface area contributed by atoms with Crippen LogP contribution in [0.5, 0.6) is 0 Å². The summed E-state index contributed by atoms with van der Waals surface area (Å²) in [4.78, 5) is 17.9. The van der Waals surface area contributed by atoms with Gasteiger partial charge in [0.2, 0.25) is 0 Å². The van der Waals surface area contributed by atoms with Crippen molar-refractivity contribution in [1.29, 1.82) is 0 Å².